The lowest BCUT2D eigenvalue weighted by Gasteiger charge is -2.39. The number of aryl methyl sites for hydroxylation is 2. The molecule has 0 radical (unpaired) electrons. The summed E-state index contributed by atoms with van der Waals surface area (Å²) in [6.45, 7) is 14.2. The van der Waals surface area contributed by atoms with E-state index in [0.29, 0.717) is 16.1 Å². The highest BCUT2D eigenvalue weighted by molar-refractivity contribution is 6.31. The molecule has 0 aliphatic heterocycles. The van der Waals surface area contributed by atoms with Crippen LogP contribution in [0.1, 0.15) is 86.1 Å². The van der Waals surface area contributed by atoms with Gasteiger partial charge in [0, 0.05) is 52.7 Å². The van der Waals surface area contributed by atoms with Crippen molar-refractivity contribution in [1.82, 2.24) is 15.6 Å². The van der Waals surface area contributed by atoms with Crippen molar-refractivity contribution < 1.29 is 14.3 Å². The molecule has 0 spiro atoms. The molecule has 38 heavy (non-hydrogen) atoms. The normalized spacial score (nSPS) is 17.6. The van der Waals surface area contributed by atoms with Crippen LogP contribution in [0.3, 0.4) is 0 Å². The van der Waals surface area contributed by atoms with Gasteiger partial charge in [0.2, 0.25) is 0 Å². The van der Waals surface area contributed by atoms with Gasteiger partial charge in [0.25, 0.3) is 11.5 Å². The molecule has 0 atom stereocenters. The number of halogens is 1. The van der Waals surface area contributed by atoms with Crippen LogP contribution in [0.15, 0.2) is 23.0 Å². The van der Waals surface area contributed by atoms with Gasteiger partial charge >= 0.3 is 6.09 Å². The number of amides is 2. The molecule has 1 heterocycles. The van der Waals surface area contributed by atoms with E-state index in [1.54, 1.807) is 6.07 Å². The molecular weight excluding hydrogens is 504 g/mol. The van der Waals surface area contributed by atoms with Crippen molar-refractivity contribution in [3.63, 3.8) is 0 Å². The van der Waals surface area contributed by atoms with Crippen molar-refractivity contribution in [2.75, 3.05) is 11.4 Å². The SMILES string of the molecule is CCN(c1cc(Cl)cc(C(=O)NCc2c(C)cc(C)[nH]c2=O)c1C)C1CCC(NC(=O)OC(C)(C)C)CC1. The number of alkyl carbamates (subject to hydrolysis) is 1. The van der Waals surface area contributed by atoms with Gasteiger partial charge in [0.15, 0.2) is 0 Å². The quantitative estimate of drug-likeness (QED) is 0.424. The number of H-pyrrole nitrogens is 1. The number of nitrogens with one attached hydrogen (secondary N) is 3. The predicted octanol–water partition coefficient (Wildman–Crippen LogP) is 5.55. The van der Waals surface area contributed by atoms with Crippen molar-refractivity contribution >= 4 is 29.3 Å². The van der Waals surface area contributed by atoms with Gasteiger partial charge < -0.3 is 25.3 Å². The smallest absolute Gasteiger partial charge is 0.407 e. The van der Waals surface area contributed by atoms with E-state index >= 15 is 0 Å². The van der Waals surface area contributed by atoms with Crippen LogP contribution in [0.4, 0.5) is 10.5 Å². The Kier molecular flexibility index (Phi) is 9.52. The average molecular weight is 545 g/mol. The van der Waals surface area contributed by atoms with Gasteiger partial charge in [-0.1, -0.05) is 11.6 Å². The van der Waals surface area contributed by atoms with Crippen molar-refractivity contribution in [2.24, 2.45) is 0 Å². The van der Waals surface area contributed by atoms with E-state index in [1.807, 2.05) is 53.7 Å². The van der Waals surface area contributed by atoms with Crippen molar-refractivity contribution in [1.29, 1.82) is 0 Å². The molecule has 1 aliphatic carbocycles. The maximum absolute atomic E-state index is 13.2. The lowest BCUT2D eigenvalue weighted by molar-refractivity contribution is 0.0491. The zero-order chi connectivity index (χ0) is 28.2. The Bertz CT molecular complexity index is 1230. The Morgan fingerprint density at radius 2 is 1.76 bits per heavy atom. The lowest BCUT2D eigenvalue weighted by atomic mass is 9.89. The molecule has 3 N–H and O–H groups in total. The number of aromatic nitrogens is 1. The molecule has 1 saturated carbocycles. The third-order valence-electron chi connectivity index (χ3n) is 7.02. The number of nitrogens with zero attached hydrogens (tertiary/aromatic N) is 1. The molecule has 0 unspecified atom stereocenters. The number of anilines is 1. The van der Waals surface area contributed by atoms with E-state index < -0.39 is 5.60 Å². The fourth-order valence-corrected chi connectivity index (χ4v) is 5.41. The molecule has 1 aromatic carbocycles. The van der Waals surface area contributed by atoms with Crippen LogP contribution in [0, 0.1) is 20.8 Å². The predicted molar refractivity (Wildman–Crippen MR) is 152 cm³/mol. The zero-order valence-corrected chi connectivity index (χ0v) is 24.3. The summed E-state index contributed by atoms with van der Waals surface area (Å²) < 4.78 is 5.40. The van der Waals surface area contributed by atoms with Crippen molar-refractivity contribution in [2.45, 2.75) is 98.4 Å². The second kappa shape index (κ2) is 12.2. The molecule has 3 rings (SSSR count). The Labute approximate surface area is 230 Å². The third kappa shape index (κ3) is 7.53. The molecule has 0 saturated heterocycles. The molecule has 1 fully saturated rings. The van der Waals surface area contributed by atoms with Crippen LogP contribution < -0.4 is 21.1 Å². The summed E-state index contributed by atoms with van der Waals surface area (Å²) in [6, 6.07) is 5.82. The fourth-order valence-electron chi connectivity index (χ4n) is 5.20. The molecule has 1 aliphatic rings. The van der Waals surface area contributed by atoms with Crippen LogP contribution in [0.2, 0.25) is 5.02 Å². The van der Waals surface area contributed by atoms with Crippen LogP contribution in [0.25, 0.3) is 0 Å². The summed E-state index contributed by atoms with van der Waals surface area (Å²) >= 11 is 6.50. The van der Waals surface area contributed by atoms with Gasteiger partial charge in [-0.3, -0.25) is 9.59 Å². The van der Waals surface area contributed by atoms with Crippen molar-refractivity contribution in [3.8, 4) is 0 Å². The lowest BCUT2D eigenvalue weighted by Crippen LogP contribution is -2.45. The van der Waals surface area contributed by atoms with Gasteiger partial charge in [0.05, 0.1) is 0 Å². The molecule has 1 aromatic heterocycles. The first-order valence-corrected chi connectivity index (χ1v) is 13.7. The largest absolute Gasteiger partial charge is 0.444 e. The summed E-state index contributed by atoms with van der Waals surface area (Å²) in [6.07, 6.45) is 3.11. The molecule has 8 nitrogen and oxygen atoms in total. The van der Waals surface area contributed by atoms with E-state index in [0.717, 1.165) is 54.7 Å². The topological polar surface area (TPSA) is 104 Å². The zero-order valence-electron chi connectivity index (χ0n) is 23.6. The van der Waals surface area contributed by atoms with E-state index in [4.69, 9.17) is 16.3 Å². The average Bonchev–Trinajstić information content (AvgIpc) is 2.80. The number of pyridine rings is 1. The molecular formula is C29H41ClN4O4. The standard InChI is InChI=1S/C29H41ClN4O4/c1-8-34(22-11-9-21(10-12-22)33-28(37)38-29(5,6)7)25-15-20(30)14-23(19(25)4)26(35)31-16-24-17(2)13-18(3)32-27(24)36/h13-15,21-22H,8-12,16H2,1-7H3,(H,31,35)(H,32,36)(H,33,37). The number of carbonyl (C=O) groups excluding carboxylic acids is 2. The summed E-state index contributed by atoms with van der Waals surface area (Å²) in [5.74, 6) is -0.271. The number of ether oxygens (including phenoxy) is 1. The summed E-state index contributed by atoms with van der Waals surface area (Å²) in [4.78, 5) is 42.9. The summed E-state index contributed by atoms with van der Waals surface area (Å²) in [5.41, 5.74) is 3.71. The number of rotatable bonds is 7. The Morgan fingerprint density at radius 3 is 2.34 bits per heavy atom. The minimum absolute atomic E-state index is 0.0787. The number of hydrogen-bond donors (Lipinski definition) is 3. The maximum atomic E-state index is 13.2. The van der Waals surface area contributed by atoms with Gasteiger partial charge in [-0.2, -0.15) is 0 Å². The Morgan fingerprint density at radius 1 is 1.11 bits per heavy atom. The van der Waals surface area contributed by atoms with Gasteiger partial charge in [-0.25, -0.2) is 4.79 Å². The van der Waals surface area contributed by atoms with Gasteiger partial charge in [0.1, 0.15) is 5.60 Å². The number of carbonyl (C=O) groups is 2. The second-order valence-corrected chi connectivity index (χ2v) is 11.6. The summed E-state index contributed by atoms with van der Waals surface area (Å²) in [5, 5.41) is 6.38. The van der Waals surface area contributed by atoms with E-state index in [2.05, 4.69) is 27.4 Å². The number of hydrogen-bond acceptors (Lipinski definition) is 5. The van der Waals surface area contributed by atoms with E-state index in [9.17, 15) is 14.4 Å². The fraction of sp³-hybridized carbons (Fsp3) is 0.552. The van der Waals surface area contributed by atoms with Gasteiger partial charge in [-0.15, -0.1) is 0 Å². The minimum atomic E-state index is -0.525. The van der Waals surface area contributed by atoms with E-state index in [-0.39, 0.29) is 36.2 Å². The Balaban J connectivity index is 1.71. The highest BCUT2D eigenvalue weighted by atomic mass is 35.5. The Hall–Kier alpha value is -3.00. The van der Waals surface area contributed by atoms with Crippen LogP contribution in [-0.4, -0.2) is 41.2 Å². The number of benzene rings is 1. The first kappa shape index (κ1) is 29.6. The van der Waals surface area contributed by atoms with Crippen LogP contribution in [-0.2, 0) is 11.3 Å². The van der Waals surface area contributed by atoms with E-state index in [1.165, 1.54) is 0 Å². The first-order valence-electron chi connectivity index (χ1n) is 13.3. The third-order valence-corrected chi connectivity index (χ3v) is 7.24. The van der Waals surface area contributed by atoms with Crippen LogP contribution in [0.5, 0.6) is 0 Å². The molecule has 0 bridgehead atoms. The molecule has 9 heteroatoms. The monoisotopic (exact) mass is 544 g/mol. The molecule has 208 valence electrons. The van der Waals surface area contributed by atoms with Crippen molar-refractivity contribution in [3.05, 3.63) is 61.5 Å². The molecule has 2 aromatic rings. The summed E-state index contributed by atoms with van der Waals surface area (Å²) in [7, 11) is 0. The van der Waals surface area contributed by atoms with Gasteiger partial charge in [-0.05, 0) is 103 Å². The van der Waals surface area contributed by atoms with Crippen LogP contribution >= 0.6 is 11.6 Å². The second-order valence-electron chi connectivity index (χ2n) is 11.2. The maximum Gasteiger partial charge on any atom is 0.407 e. The number of aromatic amines is 1. The highest BCUT2D eigenvalue weighted by Crippen LogP contribution is 2.33. The molecule has 2 amide bonds. The first-order chi connectivity index (χ1) is 17.8. The minimum Gasteiger partial charge on any atom is -0.444 e. The highest BCUT2D eigenvalue weighted by Gasteiger charge is 2.29.